The first-order valence-electron chi connectivity index (χ1n) is 11.9. The number of nitrogens with two attached hydrogens (primary N) is 1. The van der Waals surface area contributed by atoms with Crippen LogP contribution in [0.4, 0.5) is 16.2 Å². The highest BCUT2D eigenvalue weighted by molar-refractivity contribution is 6.03. The Morgan fingerprint density at radius 3 is 2.42 bits per heavy atom. The second-order valence-electron chi connectivity index (χ2n) is 8.98. The molecule has 3 aromatic carbocycles. The van der Waals surface area contributed by atoms with E-state index < -0.39 is 29.4 Å². The van der Waals surface area contributed by atoms with E-state index in [0.717, 1.165) is 0 Å². The molecule has 0 radical (unpaired) electrons. The summed E-state index contributed by atoms with van der Waals surface area (Å²) in [4.78, 5) is 37.9. The molecule has 0 heterocycles. The van der Waals surface area contributed by atoms with Gasteiger partial charge in [0.2, 0.25) is 5.91 Å². The highest BCUT2D eigenvalue weighted by Gasteiger charge is 2.33. The number of alkyl carbamates (subject to hydrolysis) is 1. The highest BCUT2D eigenvalue weighted by Crippen LogP contribution is 2.39. The lowest BCUT2D eigenvalue weighted by Crippen LogP contribution is -2.35. The van der Waals surface area contributed by atoms with E-state index in [2.05, 4.69) is 10.6 Å². The fraction of sp³-hybridized carbons (Fsp3) is 0.207. The van der Waals surface area contributed by atoms with E-state index in [4.69, 9.17) is 20.3 Å². The standard InChI is InChI=1S/C29H31N3O6/c1-29(2,16-15-25(34)31-24-14-7-6-13-23(24)30)26(21-11-8-12-22(19-21)37-18-17-33)38-28(36)32-27(35)20-9-4-3-5-10-20/h3-16,19,26,33H,17-18,30H2,1-2H3,(H,31,34)(H,32,35,36)/b16-15+/t26-/m1/s1. The van der Waals surface area contributed by atoms with Crippen molar-refractivity contribution in [1.82, 2.24) is 5.32 Å². The van der Waals surface area contributed by atoms with Crippen LogP contribution < -0.4 is 21.1 Å². The zero-order valence-corrected chi connectivity index (χ0v) is 21.2. The molecule has 0 aromatic heterocycles. The minimum atomic E-state index is -0.950. The summed E-state index contributed by atoms with van der Waals surface area (Å²) >= 11 is 0. The monoisotopic (exact) mass is 517 g/mol. The zero-order chi connectivity index (χ0) is 27.5. The minimum Gasteiger partial charge on any atom is -0.491 e. The van der Waals surface area contributed by atoms with Crippen LogP contribution in [0.2, 0.25) is 0 Å². The predicted molar refractivity (Wildman–Crippen MR) is 145 cm³/mol. The Kier molecular flexibility index (Phi) is 9.61. The number of ether oxygens (including phenoxy) is 2. The maximum absolute atomic E-state index is 12.8. The Morgan fingerprint density at radius 1 is 1.00 bits per heavy atom. The molecule has 3 rings (SSSR count). The van der Waals surface area contributed by atoms with Crippen molar-refractivity contribution in [2.24, 2.45) is 5.41 Å². The lowest BCUT2D eigenvalue weighted by molar-refractivity contribution is -0.112. The van der Waals surface area contributed by atoms with Crippen molar-refractivity contribution in [3.05, 3.63) is 102 Å². The average Bonchev–Trinajstić information content (AvgIpc) is 2.91. The Labute approximate surface area is 221 Å². The molecule has 0 fully saturated rings. The third-order valence-electron chi connectivity index (χ3n) is 5.56. The number of aliphatic hydroxyl groups excluding tert-OH is 1. The van der Waals surface area contributed by atoms with E-state index in [0.29, 0.717) is 28.3 Å². The normalized spacial score (nSPS) is 12.0. The van der Waals surface area contributed by atoms with Gasteiger partial charge in [0, 0.05) is 11.0 Å². The molecule has 0 bridgehead atoms. The van der Waals surface area contributed by atoms with Crippen molar-refractivity contribution in [2.75, 3.05) is 24.3 Å². The van der Waals surface area contributed by atoms with Crippen LogP contribution in [-0.4, -0.2) is 36.2 Å². The van der Waals surface area contributed by atoms with Crippen LogP contribution >= 0.6 is 0 Å². The van der Waals surface area contributed by atoms with E-state index in [1.165, 1.54) is 6.08 Å². The first kappa shape index (κ1) is 27.9. The van der Waals surface area contributed by atoms with Crippen LogP contribution in [0.1, 0.15) is 35.9 Å². The Balaban J connectivity index is 1.83. The largest absolute Gasteiger partial charge is 0.491 e. The molecule has 0 aliphatic heterocycles. The van der Waals surface area contributed by atoms with Crippen molar-refractivity contribution >= 4 is 29.3 Å². The maximum atomic E-state index is 12.8. The fourth-order valence-electron chi connectivity index (χ4n) is 3.63. The summed E-state index contributed by atoms with van der Waals surface area (Å²) in [7, 11) is 0. The van der Waals surface area contributed by atoms with Crippen LogP contribution in [0.5, 0.6) is 5.75 Å². The summed E-state index contributed by atoms with van der Waals surface area (Å²) in [5.74, 6) is -0.566. The van der Waals surface area contributed by atoms with Crippen molar-refractivity contribution in [2.45, 2.75) is 20.0 Å². The second kappa shape index (κ2) is 13.1. The lowest BCUT2D eigenvalue weighted by Gasteiger charge is -2.31. The quantitative estimate of drug-likeness (QED) is 0.230. The van der Waals surface area contributed by atoms with Crippen LogP contribution in [0.15, 0.2) is 91.0 Å². The van der Waals surface area contributed by atoms with Gasteiger partial charge < -0.3 is 25.6 Å². The van der Waals surface area contributed by atoms with Gasteiger partial charge >= 0.3 is 6.09 Å². The molecular formula is C29H31N3O6. The van der Waals surface area contributed by atoms with Crippen LogP contribution in [0.25, 0.3) is 0 Å². The van der Waals surface area contributed by atoms with Crippen LogP contribution in [0, 0.1) is 5.41 Å². The molecule has 0 unspecified atom stereocenters. The number of anilines is 2. The van der Waals surface area contributed by atoms with Crippen LogP contribution in [0.3, 0.4) is 0 Å². The van der Waals surface area contributed by atoms with E-state index in [1.807, 2.05) is 0 Å². The van der Waals surface area contributed by atoms with Gasteiger partial charge in [-0.2, -0.15) is 0 Å². The summed E-state index contributed by atoms with van der Waals surface area (Å²) in [5.41, 5.74) is 6.75. The minimum absolute atomic E-state index is 0.0904. The number of para-hydroxylation sites is 2. The number of carbonyl (C=O) groups excluding carboxylic acids is 3. The third kappa shape index (κ3) is 7.94. The molecule has 0 saturated carbocycles. The van der Waals surface area contributed by atoms with Gasteiger partial charge in [0.25, 0.3) is 5.91 Å². The first-order valence-corrected chi connectivity index (χ1v) is 11.9. The second-order valence-corrected chi connectivity index (χ2v) is 8.98. The van der Waals surface area contributed by atoms with Crippen molar-refractivity contribution < 1.29 is 29.0 Å². The summed E-state index contributed by atoms with van der Waals surface area (Å²) < 4.78 is 11.3. The van der Waals surface area contributed by atoms with Crippen molar-refractivity contribution in [3.63, 3.8) is 0 Å². The van der Waals surface area contributed by atoms with Crippen molar-refractivity contribution in [3.8, 4) is 5.75 Å². The number of imide groups is 1. The Morgan fingerprint density at radius 2 is 1.71 bits per heavy atom. The SMILES string of the molecule is CC(C)(/C=C/C(=O)Nc1ccccc1N)[C@H](OC(=O)NC(=O)c1ccccc1)c1cccc(OCCO)c1. The number of carbonyl (C=O) groups is 3. The van der Waals surface area contributed by atoms with Gasteiger partial charge in [-0.15, -0.1) is 0 Å². The lowest BCUT2D eigenvalue weighted by atomic mass is 9.82. The average molecular weight is 518 g/mol. The molecule has 198 valence electrons. The maximum Gasteiger partial charge on any atom is 0.414 e. The predicted octanol–water partition coefficient (Wildman–Crippen LogP) is 4.47. The Hall–Kier alpha value is -4.63. The fourth-order valence-corrected chi connectivity index (χ4v) is 3.63. The number of nitrogen functional groups attached to an aromatic ring is 1. The molecule has 0 spiro atoms. The number of benzene rings is 3. The summed E-state index contributed by atoms with van der Waals surface area (Å²) in [6.07, 6.45) is 1.07. The van der Waals surface area contributed by atoms with Gasteiger partial charge in [0.1, 0.15) is 18.5 Å². The summed E-state index contributed by atoms with van der Waals surface area (Å²) in [6, 6.07) is 22.0. The number of aliphatic hydroxyl groups is 1. The van der Waals surface area contributed by atoms with Crippen LogP contribution in [-0.2, 0) is 9.53 Å². The summed E-state index contributed by atoms with van der Waals surface area (Å²) in [6.45, 7) is 3.49. The smallest absolute Gasteiger partial charge is 0.414 e. The molecule has 5 N–H and O–H groups in total. The first-order chi connectivity index (χ1) is 18.2. The number of hydrogen-bond donors (Lipinski definition) is 4. The molecule has 38 heavy (non-hydrogen) atoms. The van der Waals surface area contributed by atoms with Gasteiger partial charge in [-0.05, 0) is 48.0 Å². The molecule has 9 heteroatoms. The molecule has 0 aliphatic carbocycles. The Bertz CT molecular complexity index is 1290. The molecule has 3 aromatic rings. The molecular weight excluding hydrogens is 486 g/mol. The molecule has 9 nitrogen and oxygen atoms in total. The third-order valence-corrected chi connectivity index (χ3v) is 5.56. The van der Waals surface area contributed by atoms with E-state index in [-0.39, 0.29) is 13.2 Å². The zero-order valence-electron chi connectivity index (χ0n) is 21.2. The van der Waals surface area contributed by atoms with Gasteiger partial charge in [-0.1, -0.05) is 62.4 Å². The molecule has 3 amide bonds. The highest BCUT2D eigenvalue weighted by atomic mass is 16.6. The van der Waals surface area contributed by atoms with Gasteiger partial charge in [0.05, 0.1) is 18.0 Å². The van der Waals surface area contributed by atoms with E-state index >= 15 is 0 Å². The molecule has 0 saturated heterocycles. The number of rotatable bonds is 10. The molecule has 0 aliphatic rings. The van der Waals surface area contributed by atoms with E-state index in [1.54, 1.807) is 98.8 Å². The number of hydrogen-bond acceptors (Lipinski definition) is 7. The number of nitrogens with one attached hydrogen (secondary N) is 2. The molecule has 1 atom stereocenters. The topological polar surface area (TPSA) is 140 Å². The van der Waals surface area contributed by atoms with Crippen molar-refractivity contribution in [1.29, 1.82) is 0 Å². The van der Waals surface area contributed by atoms with Gasteiger partial charge in [-0.25, -0.2) is 4.79 Å². The van der Waals surface area contributed by atoms with E-state index in [9.17, 15) is 14.4 Å². The summed E-state index contributed by atoms with van der Waals surface area (Å²) in [5, 5.41) is 14.0. The van der Waals surface area contributed by atoms with Gasteiger partial charge in [0.15, 0.2) is 0 Å². The van der Waals surface area contributed by atoms with Gasteiger partial charge in [-0.3, -0.25) is 14.9 Å². The number of amides is 3.